The largest absolute Gasteiger partial charge is 0.393 e. The normalized spacial score (nSPS) is 12.9. The highest BCUT2D eigenvalue weighted by Crippen LogP contribution is 2.01. The van der Waals surface area contributed by atoms with Crippen LogP contribution in [0.3, 0.4) is 0 Å². The number of hydrogen-bond donors (Lipinski definition) is 2. The molecule has 11 heavy (non-hydrogen) atoms. The van der Waals surface area contributed by atoms with Crippen molar-refractivity contribution in [3.8, 4) is 0 Å². The first-order valence-corrected chi connectivity index (χ1v) is 3.27. The summed E-state index contributed by atoms with van der Waals surface area (Å²) in [6, 6.07) is 0. The molecular weight excluding hydrogens is 146 g/mol. The van der Waals surface area contributed by atoms with Crippen LogP contribution in [-0.2, 0) is 6.42 Å². The van der Waals surface area contributed by atoms with E-state index in [9.17, 15) is 4.79 Å². The van der Waals surface area contributed by atoms with Gasteiger partial charge in [0.1, 0.15) is 5.69 Å². The van der Waals surface area contributed by atoms with Crippen molar-refractivity contribution < 1.29 is 9.90 Å². The number of aliphatic hydroxyl groups is 1. The third-order valence-corrected chi connectivity index (χ3v) is 1.26. The van der Waals surface area contributed by atoms with E-state index >= 15 is 0 Å². The van der Waals surface area contributed by atoms with E-state index in [2.05, 4.69) is 15.4 Å². The topological polar surface area (TPSA) is 78.9 Å². The summed E-state index contributed by atoms with van der Waals surface area (Å²) in [5, 5.41) is 18.4. The summed E-state index contributed by atoms with van der Waals surface area (Å²) in [5.74, 6) is 0. The van der Waals surface area contributed by atoms with Gasteiger partial charge in [0.25, 0.3) is 0 Å². The van der Waals surface area contributed by atoms with E-state index in [4.69, 9.17) is 5.11 Å². The molecule has 1 aromatic heterocycles. The van der Waals surface area contributed by atoms with Gasteiger partial charge >= 0.3 is 0 Å². The van der Waals surface area contributed by atoms with Gasteiger partial charge in [-0.2, -0.15) is 0 Å². The number of hydrogen-bond acceptors (Lipinski definition) is 4. The van der Waals surface area contributed by atoms with Crippen LogP contribution < -0.4 is 0 Å². The van der Waals surface area contributed by atoms with E-state index in [0.29, 0.717) is 24.1 Å². The lowest BCUT2D eigenvalue weighted by Gasteiger charge is -1.98. The quantitative estimate of drug-likeness (QED) is 0.579. The Hall–Kier alpha value is -1.23. The molecule has 0 spiro atoms. The maximum absolute atomic E-state index is 10.3. The Bertz CT molecular complexity index is 244. The summed E-state index contributed by atoms with van der Waals surface area (Å²) < 4.78 is 0. The van der Waals surface area contributed by atoms with E-state index in [1.54, 1.807) is 6.92 Å². The number of aliphatic hydroxyl groups excluding tert-OH is 1. The zero-order chi connectivity index (χ0) is 8.27. The molecule has 0 radical (unpaired) electrons. The second-order valence-electron chi connectivity index (χ2n) is 2.34. The molecule has 0 fully saturated rings. The predicted octanol–water partition coefficient (Wildman–Crippen LogP) is -0.460. The van der Waals surface area contributed by atoms with Crippen LogP contribution in [0.25, 0.3) is 0 Å². The third-order valence-electron chi connectivity index (χ3n) is 1.26. The van der Waals surface area contributed by atoms with E-state index < -0.39 is 6.10 Å². The minimum Gasteiger partial charge on any atom is -0.393 e. The molecule has 0 saturated carbocycles. The molecule has 0 aliphatic rings. The van der Waals surface area contributed by atoms with Crippen molar-refractivity contribution in [2.24, 2.45) is 0 Å². The lowest BCUT2D eigenvalue weighted by atomic mass is 10.2. The average molecular weight is 155 g/mol. The zero-order valence-corrected chi connectivity index (χ0v) is 6.11. The van der Waals surface area contributed by atoms with Gasteiger partial charge in [-0.3, -0.25) is 9.89 Å². The molecule has 1 atom stereocenters. The molecule has 0 aromatic carbocycles. The Morgan fingerprint density at radius 3 is 3.09 bits per heavy atom. The van der Waals surface area contributed by atoms with Crippen LogP contribution in [0.5, 0.6) is 0 Å². The summed E-state index contributed by atoms with van der Waals surface area (Å²) in [5.41, 5.74) is 0.848. The molecule has 60 valence electrons. The molecule has 2 N–H and O–H groups in total. The van der Waals surface area contributed by atoms with Gasteiger partial charge in [0.2, 0.25) is 0 Å². The first-order valence-electron chi connectivity index (χ1n) is 3.27. The highest BCUT2D eigenvalue weighted by atomic mass is 16.3. The van der Waals surface area contributed by atoms with Crippen LogP contribution in [0.2, 0.25) is 0 Å². The van der Waals surface area contributed by atoms with Crippen LogP contribution in [0.15, 0.2) is 0 Å². The van der Waals surface area contributed by atoms with Gasteiger partial charge in [-0.25, -0.2) is 0 Å². The van der Waals surface area contributed by atoms with Gasteiger partial charge < -0.3 is 5.11 Å². The summed E-state index contributed by atoms with van der Waals surface area (Å²) in [6.07, 6.45) is 0.487. The Kier molecular flexibility index (Phi) is 2.32. The molecule has 1 unspecified atom stereocenters. The number of aldehydes is 1. The lowest BCUT2D eigenvalue weighted by molar-refractivity contribution is 0.111. The van der Waals surface area contributed by atoms with Crippen molar-refractivity contribution >= 4 is 6.29 Å². The van der Waals surface area contributed by atoms with Gasteiger partial charge in [-0.05, 0) is 6.92 Å². The molecule has 0 amide bonds. The number of H-pyrrole nitrogens is 1. The summed E-state index contributed by atoms with van der Waals surface area (Å²) >= 11 is 0. The molecule has 0 bridgehead atoms. The second kappa shape index (κ2) is 3.25. The highest BCUT2D eigenvalue weighted by Gasteiger charge is 2.07. The second-order valence-corrected chi connectivity index (χ2v) is 2.34. The first-order chi connectivity index (χ1) is 5.24. The van der Waals surface area contributed by atoms with Crippen LogP contribution in [0.4, 0.5) is 0 Å². The van der Waals surface area contributed by atoms with Crippen LogP contribution in [-0.4, -0.2) is 32.9 Å². The number of nitrogens with one attached hydrogen (secondary N) is 1. The van der Waals surface area contributed by atoms with Crippen molar-refractivity contribution in [1.29, 1.82) is 0 Å². The Morgan fingerprint density at radius 2 is 2.55 bits per heavy atom. The fraction of sp³-hybridized carbons (Fsp3) is 0.500. The lowest BCUT2D eigenvalue weighted by Crippen LogP contribution is -2.06. The van der Waals surface area contributed by atoms with Crippen LogP contribution in [0.1, 0.15) is 23.1 Å². The van der Waals surface area contributed by atoms with Gasteiger partial charge in [0.15, 0.2) is 6.29 Å². The number of carbonyl (C=O) groups excluding carboxylic acids is 1. The van der Waals surface area contributed by atoms with E-state index in [1.165, 1.54) is 0 Å². The van der Waals surface area contributed by atoms with Gasteiger partial charge in [0, 0.05) is 6.42 Å². The first kappa shape index (κ1) is 7.87. The van der Waals surface area contributed by atoms with Gasteiger partial charge in [-0.1, -0.05) is 5.21 Å². The zero-order valence-electron chi connectivity index (χ0n) is 6.11. The van der Waals surface area contributed by atoms with Crippen molar-refractivity contribution in [2.75, 3.05) is 0 Å². The maximum Gasteiger partial charge on any atom is 0.169 e. The number of nitrogens with zero attached hydrogens (tertiary/aromatic N) is 2. The Morgan fingerprint density at radius 1 is 1.82 bits per heavy atom. The minimum atomic E-state index is -0.501. The standard InChI is InChI=1S/C6H9N3O2/c1-4(11)2-5-6(3-10)8-9-7-5/h3-4,11H,2H2,1H3,(H,7,8,9). The molecule has 0 saturated heterocycles. The summed E-state index contributed by atoms with van der Waals surface area (Å²) in [6.45, 7) is 1.63. The number of aromatic nitrogens is 3. The number of rotatable bonds is 3. The van der Waals surface area contributed by atoms with Gasteiger partial charge in [-0.15, -0.1) is 5.10 Å². The van der Waals surface area contributed by atoms with Crippen LogP contribution >= 0.6 is 0 Å². The van der Waals surface area contributed by atoms with Gasteiger partial charge in [0.05, 0.1) is 11.8 Å². The minimum absolute atomic E-state index is 0.339. The Labute approximate surface area is 63.4 Å². The predicted molar refractivity (Wildman–Crippen MR) is 37.2 cm³/mol. The molecule has 5 heteroatoms. The summed E-state index contributed by atoms with van der Waals surface area (Å²) in [7, 11) is 0. The van der Waals surface area contributed by atoms with Crippen LogP contribution in [0, 0.1) is 0 Å². The SMILES string of the molecule is CC(O)Cc1nn[nH]c1C=O. The van der Waals surface area contributed by atoms with E-state index in [1.807, 2.05) is 0 Å². The monoisotopic (exact) mass is 155 g/mol. The summed E-state index contributed by atoms with van der Waals surface area (Å²) in [4.78, 5) is 10.3. The molecule has 5 nitrogen and oxygen atoms in total. The molecule has 1 rings (SSSR count). The van der Waals surface area contributed by atoms with E-state index in [-0.39, 0.29) is 0 Å². The number of carbonyl (C=O) groups is 1. The van der Waals surface area contributed by atoms with Crippen molar-refractivity contribution in [3.05, 3.63) is 11.4 Å². The molecule has 1 heterocycles. The maximum atomic E-state index is 10.3. The molecule has 1 aromatic rings. The number of aromatic amines is 1. The molecule has 0 aliphatic heterocycles. The highest BCUT2D eigenvalue weighted by molar-refractivity contribution is 5.72. The Balaban J connectivity index is 2.76. The third kappa shape index (κ3) is 1.84. The fourth-order valence-electron chi connectivity index (χ4n) is 0.783. The fourth-order valence-corrected chi connectivity index (χ4v) is 0.783. The van der Waals surface area contributed by atoms with Crippen molar-refractivity contribution in [1.82, 2.24) is 15.4 Å². The smallest absolute Gasteiger partial charge is 0.169 e. The molecular formula is C6H9N3O2. The van der Waals surface area contributed by atoms with Crippen molar-refractivity contribution in [2.45, 2.75) is 19.4 Å². The molecule has 0 aliphatic carbocycles. The van der Waals surface area contributed by atoms with Crippen molar-refractivity contribution in [3.63, 3.8) is 0 Å². The van der Waals surface area contributed by atoms with E-state index in [0.717, 1.165) is 0 Å². The average Bonchev–Trinajstić information content (AvgIpc) is 2.34.